The predicted octanol–water partition coefficient (Wildman–Crippen LogP) is -0.255. The number of carbonyl (C=O) groups excluding carboxylic acids is 1. The monoisotopic (exact) mass is 401 g/mol. The number of nitrogens with zero attached hydrogens (tertiary/aromatic N) is 1. The summed E-state index contributed by atoms with van der Waals surface area (Å²) in [7, 11) is 4.34. The van der Waals surface area contributed by atoms with E-state index >= 15 is 0 Å². The number of nitrogens with one attached hydrogen (secondary N) is 1. The normalized spacial score (nSPS) is 16.7. The van der Waals surface area contributed by atoms with Crippen LogP contribution < -0.4 is 5.32 Å². The van der Waals surface area contributed by atoms with E-state index in [1.54, 1.807) is 0 Å². The highest BCUT2D eigenvalue weighted by atomic mass is 31.2. The van der Waals surface area contributed by atoms with E-state index in [1.807, 2.05) is 21.1 Å². The molecule has 0 radical (unpaired) electrons. The Morgan fingerprint density at radius 3 is 2.42 bits per heavy atom. The van der Waals surface area contributed by atoms with Crippen molar-refractivity contribution >= 4 is 13.7 Å². The fourth-order valence-corrected chi connectivity index (χ4v) is 2.47. The highest BCUT2D eigenvalue weighted by molar-refractivity contribution is 7.47. The average molecular weight is 401 g/mol. The third-order valence-corrected chi connectivity index (χ3v) is 4.20. The number of methoxy groups -OCH3 is 1. The number of aliphatic hydroxyl groups excluding tert-OH is 1. The van der Waals surface area contributed by atoms with Crippen LogP contribution in [-0.4, -0.2) is 101 Å². The van der Waals surface area contributed by atoms with Gasteiger partial charge in [-0.1, -0.05) is 0 Å². The number of amides is 1. The van der Waals surface area contributed by atoms with Gasteiger partial charge in [0.15, 0.2) is 0 Å². The fourth-order valence-electron chi connectivity index (χ4n) is 2.01. The topological polar surface area (TPSA) is 124 Å². The van der Waals surface area contributed by atoms with Gasteiger partial charge in [-0.15, -0.1) is 0 Å². The van der Waals surface area contributed by atoms with E-state index in [0.29, 0.717) is 30.6 Å². The lowest BCUT2D eigenvalue weighted by Crippen LogP contribution is -2.43. The van der Waals surface area contributed by atoms with Crippen LogP contribution in [0, 0.1) is 0 Å². The van der Waals surface area contributed by atoms with Crippen LogP contribution in [0.25, 0.3) is 0 Å². The zero-order chi connectivity index (χ0) is 20.2. The number of likely N-dealkylation sites (N-methyl/N-ethyl adjacent to an activating group) is 1. The largest absolute Gasteiger partial charge is 0.472 e. The minimum Gasteiger partial charge on any atom is -0.387 e. The third kappa shape index (κ3) is 14.6. The molecule has 3 unspecified atom stereocenters. The van der Waals surface area contributed by atoms with E-state index in [-0.39, 0.29) is 25.5 Å². The van der Waals surface area contributed by atoms with Gasteiger partial charge in [0.25, 0.3) is 0 Å². The molecule has 156 valence electrons. The van der Waals surface area contributed by atoms with Crippen molar-refractivity contribution in [3.05, 3.63) is 0 Å². The Morgan fingerprint density at radius 2 is 1.88 bits per heavy atom. The highest BCUT2D eigenvalue weighted by Gasteiger charge is 2.21. The Bertz CT molecular complexity index is 444. The summed E-state index contributed by atoms with van der Waals surface area (Å²) in [5.41, 5.74) is 0. The molecular weight excluding hydrogens is 367 g/mol. The molecule has 0 aromatic heterocycles. The van der Waals surface area contributed by atoms with Crippen LogP contribution in [0.15, 0.2) is 0 Å². The van der Waals surface area contributed by atoms with Crippen molar-refractivity contribution in [1.29, 1.82) is 0 Å². The lowest BCUT2D eigenvalue weighted by atomic mass is 10.2. The van der Waals surface area contributed by atoms with Gasteiger partial charge in [-0.05, 0) is 6.42 Å². The van der Waals surface area contributed by atoms with Gasteiger partial charge in [-0.25, -0.2) is 4.57 Å². The maximum atomic E-state index is 11.7. The lowest BCUT2D eigenvalue weighted by Gasteiger charge is -2.26. The van der Waals surface area contributed by atoms with E-state index in [4.69, 9.17) is 18.9 Å². The second-order valence-corrected chi connectivity index (χ2v) is 8.47. The van der Waals surface area contributed by atoms with Crippen molar-refractivity contribution in [3.8, 4) is 0 Å². The number of hydrogen-bond donors (Lipinski definition) is 3. The molecular formula is C15H34N2O8P+. The molecule has 0 aliphatic carbocycles. The van der Waals surface area contributed by atoms with Gasteiger partial charge < -0.3 is 29.3 Å². The van der Waals surface area contributed by atoms with Crippen molar-refractivity contribution < 1.29 is 42.4 Å². The lowest BCUT2D eigenvalue weighted by molar-refractivity contribution is -0.873. The Balaban J connectivity index is 3.79. The Morgan fingerprint density at radius 1 is 1.23 bits per heavy atom. The van der Waals surface area contributed by atoms with Crippen LogP contribution in [0.3, 0.4) is 0 Å². The van der Waals surface area contributed by atoms with Crippen LogP contribution in [0.4, 0.5) is 0 Å². The standard InChI is InChI=1S/C15H33N2O8P/c1-17(2,3)10-13(18)9-15(19)16-7-6-8-24-11-14(22-4)12-25-26(20,21)23-5/h13-14,18H,6-12H2,1-5H3,(H-,16,19,20,21)/p+1. The van der Waals surface area contributed by atoms with E-state index < -0.39 is 20.0 Å². The van der Waals surface area contributed by atoms with Crippen molar-refractivity contribution in [2.75, 3.05) is 68.3 Å². The number of phosphoric ester groups is 1. The molecule has 1 amide bonds. The third-order valence-electron chi connectivity index (χ3n) is 3.26. The Labute approximate surface area is 155 Å². The van der Waals surface area contributed by atoms with Gasteiger partial charge in [0, 0.05) is 27.4 Å². The summed E-state index contributed by atoms with van der Waals surface area (Å²) in [6.45, 7) is 1.35. The molecule has 0 saturated heterocycles. The quantitative estimate of drug-likeness (QED) is 0.195. The zero-order valence-corrected chi connectivity index (χ0v) is 17.2. The van der Waals surface area contributed by atoms with Crippen molar-refractivity contribution in [1.82, 2.24) is 5.32 Å². The molecule has 0 fully saturated rings. The highest BCUT2D eigenvalue weighted by Crippen LogP contribution is 2.41. The number of ether oxygens (including phenoxy) is 2. The van der Waals surface area contributed by atoms with Gasteiger partial charge in [0.1, 0.15) is 18.8 Å². The van der Waals surface area contributed by atoms with Crippen molar-refractivity contribution in [2.24, 2.45) is 0 Å². The number of rotatable bonds is 15. The molecule has 11 heteroatoms. The predicted molar refractivity (Wildman–Crippen MR) is 95.6 cm³/mol. The minimum absolute atomic E-state index is 0.0696. The number of phosphoric acid groups is 1. The molecule has 26 heavy (non-hydrogen) atoms. The molecule has 10 nitrogen and oxygen atoms in total. The first-order valence-corrected chi connectivity index (χ1v) is 9.87. The van der Waals surface area contributed by atoms with Crippen molar-refractivity contribution in [2.45, 2.75) is 25.0 Å². The van der Waals surface area contributed by atoms with Crippen molar-refractivity contribution in [3.63, 3.8) is 0 Å². The second kappa shape index (κ2) is 12.7. The van der Waals surface area contributed by atoms with Gasteiger partial charge in [-0.3, -0.25) is 13.8 Å². The summed E-state index contributed by atoms with van der Waals surface area (Å²) >= 11 is 0. The molecule has 0 saturated carbocycles. The maximum absolute atomic E-state index is 11.7. The van der Waals surface area contributed by atoms with E-state index in [0.717, 1.165) is 7.11 Å². The SMILES string of the molecule is COC(COCCCNC(=O)CC(O)C[N+](C)(C)C)COP(=O)(O)OC. The Hall–Kier alpha value is -0.580. The molecule has 3 N–H and O–H groups in total. The molecule has 0 aliphatic heterocycles. The first kappa shape index (κ1) is 25.4. The summed E-state index contributed by atoms with van der Waals surface area (Å²) < 4.78 is 31.3. The van der Waals surface area contributed by atoms with Gasteiger partial charge in [0.2, 0.25) is 5.91 Å². The summed E-state index contributed by atoms with van der Waals surface area (Å²) in [6, 6.07) is 0. The molecule has 0 aromatic rings. The van der Waals surface area contributed by atoms with Crippen LogP contribution in [0.5, 0.6) is 0 Å². The molecule has 3 atom stereocenters. The number of aliphatic hydroxyl groups is 1. The summed E-state index contributed by atoms with van der Waals surface area (Å²) in [5, 5.41) is 12.6. The maximum Gasteiger partial charge on any atom is 0.472 e. The molecule has 0 heterocycles. The van der Waals surface area contributed by atoms with E-state index in [1.165, 1.54) is 7.11 Å². The minimum atomic E-state index is -4.03. The summed E-state index contributed by atoms with van der Waals surface area (Å²) in [5.74, 6) is -0.201. The van der Waals surface area contributed by atoms with Gasteiger partial charge in [0.05, 0.1) is 40.8 Å². The number of carbonyl (C=O) groups is 1. The Kier molecular flexibility index (Phi) is 12.5. The molecule has 0 aromatic carbocycles. The molecule has 0 rings (SSSR count). The smallest absolute Gasteiger partial charge is 0.387 e. The summed E-state index contributed by atoms with van der Waals surface area (Å²) in [6.07, 6.45) is -0.528. The number of hydrogen-bond acceptors (Lipinski definition) is 7. The average Bonchev–Trinajstić information content (AvgIpc) is 2.51. The fraction of sp³-hybridized carbons (Fsp3) is 0.933. The number of quaternary nitrogens is 1. The zero-order valence-electron chi connectivity index (χ0n) is 16.3. The molecule has 0 aliphatic rings. The van der Waals surface area contributed by atoms with E-state index in [2.05, 4.69) is 9.84 Å². The van der Waals surface area contributed by atoms with Crippen LogP contribution >= 0.6 is 7.82 Å². The first-order chi connectivity index (χ1) is 12.0. The van der Waals surface area contributed by atoms with E-state index in [9.17, 15) is 14.5 Å². The molecule has 0 spiro atoms. The van der Waals surface area contributed by atoms with Gasteiger partial charge in [-0.2, -0.15) is 0 Å². The second-order valence-electron chi connectivity index (χ2n) is 6.91. The van der Waals surface area contributed by atoms with Crippen LogP contribution in [-0.2, 0) is 27.9 Å². The van der Waals surface area contributed by atoms with Crippen LogP contribution in [0.2, 0.25) is 0 Å². The summed E-state index contributed by atoms with van der Waals surface area (Å²) in [4.78, 5) is 20.9. The van der Waals surface area contributed by atoms with Crippen LogP contribution in [0.1, 0.15) is 12.8 Å². The van der Waals surface area contributed by atoms with Gasteiger partial charge >= 0.3 is 7.82 Å². The first-order valence-electron chi connectivity index (χ1n) is 8.38. The molecule has 0 bridgehead atoms.